The lowest BCUT2D eigenvalue weighted by molar-refractivity contribution is 0.0995. The van der Waals surface area contributed by atoms with Gasteiger partial charge in [-0.05, 0) is 35.4 Å². The fraction of sp³-hybridized carbons (Fsp3) is 0.333. The van der Waals surface area contributed by atoms with Crippen molar-refractivity contribution in [2.24, 2.45) is 5.73 Å². The first kappa shape index (κ1) is 9.70. The first-order chi connectivity index (χ1) is 6.66. The predicted molar refractivity (Wildman–Crippen MR) is 59.1 cm³/mol. The van der Waals surface area contributed by atoms with E-state index in [0.717, 1.165) is 16.4 Å². The Morgan fingerprint density at radius 1 is 1.64 bits per heavy atom. The van der Waals surface area contributed by atoms with E-state index in [0.29, 0.717) is 11.9 Å². The van der Waals surface area contributed by atoms with E-state index in [4.69, 9.17) is 10.5 Å². The molecular weight excluding hydrogens is 295 g/mol. The van der Waals surface area contributed by atoms with Crippen molar-refractivity contribution in [3.63, 3.8) is 0 Å². The van der Waals surface area contributed by atoms with Crippen molar-refractivity contribution in [1.82, 2.24) is 4.98 Å². The minimum Gasteiger partial charge on any atom is -0.489 e. The third-order valence-electron chi connectivity index (χ3n) is 1.89. The Balaban J connectivity index is 2.26. The van der Waals surface area contributed by atoms with Crippen LogP contribution >= 0.6 is 22.6 Å². The molecular formula is C9H9IN2O2. The largest absolute Gasteiger partial charge is 0.489 e. The number of aromatic nitrogens is 1. The molecule has 1 amide bonds. The van der Waals surface area contributed by atoms with Gasteiger partial charge >= 0.3 is 0 Å². The molecule has 0 spiro atoms. The Kier molecular flexibility index (Phi) is 2.58. The maximum absolute atomic E-state index is 10.9. The zero-order valence-corrected chi connectivity index (χ0v) is 9.52. The molecule has 1 aliphatic carbocycles. The van der Waals surface area contributed by atoms with E-state index in [1.165, 1.54) is 0 Å². The number of nitrogens with zero attached hydrogens (tertiary/aromatic N) is 1. The third kappa shape index (κ3) is 2.14. The third-order valence-corrected chi connectivity index (χ3v) is 2.70. The molecule has 4 nitrogen and oxygen atoms in total. The summed E-state index contributed by atoms with van der Waals surface area (Å²) >= 11 is 2.12. The van der Waals surface area contributed by atoms with Gasteiger partial charge in [0.25, 0.3) is 5.91 Å². The van der Waals surface area contributed by atoms with Crippen LogP contribution in [0.4, 0.5) is 0 Å². The van der Waals surface area contributed by atoms with E-state index in [1.54, 1.807) is 12.3 Å². The molecule has 1 heterocycles. The number of amides is 1. The average molecular weight is 304 g/mol. The predicted octanol–water partition coefficient (Wildman–Crippen LogP) is 1.33. The maximum Gasteiger partial charge on any atom is 0.267 e. The molecule has 0 unspecified atom stereocenters. The Bertz CT molecular complexity index is 377. The van der Waals surface area contributed by atoms with Crippen LogP contribution in [-0.2, 0) is 0 Å². The number of hydrogen-bond donors (Lipinski definition) is 1. The summed E-state index contributed by atoms with van der Waals surface area (Å²) < 4.78 is 6.49. The number of nitrogens with two attached hydrogens (primary N) is 1. The van der Waals surface area contributed by atoms with Crippen molar-refractivity contribution in [3.05, 3.63) is 21.5 Å². The molecule has 0 aromatic carbocycles. The molecule has 0 radical (unpaired) electrons. The van der Waals surface area contributed by atoms with Crippen LogP contribution in [0.25, 0.3) is 0 Å². The molecule has 14 heavy (non-hydrogen) atoms. The van der Waals surface area contributed by atoms with Gasteiger partial charge in [0, 0.05) is 12.3 Å². The van der Waals surface area contributed by atoms with Crippen LogP contribution in [-0.4, -0.2) is 17.0 Å². The second-order valence-corrected chi connectivity index (χ2v) is 4.34. The number of pyridine rings is 1. The standard InChI is InChI=1S/C9H9IN2O2/c10-6-4-12-7(9(11)13)3-8(6)14-5-1-2-5/h3-5H,1-2H2,(H2,11,13). The zero-order valence-electron chi connectivity index (χ0n) is 7.37. The summed E-state index contributed by atoms with van der Waals surface area (Å²) in [7, 11) is 0. The molecule has 5 heteroatoms. The number of rotatable bonds is 3. The molecule has 2 rings (SSSR count). The highest BCUT2D eigenvalue weighted by Gasteiger charge is 2.24. The summed E-state index contributed by atoms with van der Waals surface area (Å²) in [6, 6.07) is 1.60. The second kappa shape index (κ2) is 3.72. The molecule has 1 aromatic heterocycles. The lowest BCUT2D eigenvalue weighted by Crippen LogP contribution is -2.13. The average Bonchev–Trinajstić information content (AvgIpc) is 2.92. The van der Waals surface area contributed by atoms with Crippen molar-refractivity contribution in [3.8, 4) is 5.75 Å². The normalized spacial score (nSPS) is 15.2. The molecule has 0 atom stereocenters. The van der Waals surface area contributed by atoms with Crippen LogP contribution in [0.5, 0.6) is 5.75 Å². The van der Waals surface area contributed by atoms with Gasteiger partial charge in [0.05, 0.1) is 9.67 Å². The molecule has 1 aliphatic rings. The number of ether oxygens (including phenoxy) is 1. The van der Waals surface area contributed by atoms with E-state index in [1.807, 2.05) is 0 Å². The van der Waals surface area contributed by atoms with Crippen molar-refractivity contribution in [2.75, 3.05) is 0 Å². The molecule has 74 valence electrons. The van der Waals surface area contributed by atoms with Gasteiger partial charge in [-0.1, -0.05) is 0 Å². The molecule has 2 N–H and O–H groups in total. The molecule has 1 fully saturated rings. The van der Waals surface area contributed by atoms with E-state index in [2.05, 4.69) is 27.6 Å². The monoisotopic (exact) mass is 304 g/mol. The summed E-state index contributed by atoms with van der Waals surface area (Å²) in [4.78, 5) is 14.8. The summed E-state index contributed by atoms with van der Waals surface area (Å²) in [5.74, 6) is 0.180. The highest BCUT2D eigenvalue weighted by molar-refractivity contribution is 14.1. The second-order valence-electron chi connectivity index (χ2n) is 3.18. The van der Waals surface area contributed by atoms with Gasteiger partial charge in [-0.25, -0.2) is 4.98 Å². The Morgan fingerprint density at radius 3 is 2.93 bits per heavy atom. The number of halogens is 1. The van der Waals surface area contributed by atoms with E-state index in [-0.39, 0.29) is 5.69 Å². The van der Waals surface area contributed by atoms with Gasteiger partial charge in [0.1, 0.15) is 11.4 Å². The molecule has 1 aromatic rings. The molecule has 0 saturated heterocycles. The van der Waals surface area contributed by atoms with Gasteiger partial charge in [-0.2, -0.15) is 0 Å². The van der Waals surface area contributed by atoms with Crippen molar-refractivity contribution < 1.29 is 9.53 Å². The minimum atomic E-state index is -0.526. The fourth-order valence-corrected chi connectivity index (χ4v) is 1.43. The number of primary amides is 1. The zero-order chi connectivity index (χ0) is 10.1. The summed E-state index contributed by atoms with van der Waals surface area (Å²) in [6.07, 6.45) is 4.08. The summed E-state index contributed by atoms with van der Waals surface area (Å²) in [5, 5.41) is 0. The number of carbonyl (C=O) groups is 1. The Hall–Kier alpha value is -0.850. The highest BCUT2D eigenvalue weighted by atomic mass is 127. The fourth-order valence-electron chi connectivity index (χ4n) is 1.01. The Morgan fingerprint density at radius 2 is 2.36 bits per heavy atom. The summed E-state index contributed by atoms with van der Waals surface area (Å²) in [5.41, 5.74) is 5.37. The maximum atomic E-state index is 10.9. The number of hydrogen-bond acceptors (Lipinski definition) is 3. The SMILES string of the molecule is NC(=O)c1cc(OC2CC2)c(I)cn1. The number of carbonyl (C=O) groups excluding carboxylic acids is 1. The topological polar surface area (TPSA) is 65.2 Å². The highest BCUT2D eigenvalue weighted by Crippen LogP contribution is 2.29. The van der Waals surface area contributed by atoms with Crippen LogP contribution in [0, 0.1) is 3.57 Å². The van der Waals surface area contributed by atoms with Crippen LogP contribution in [0.15, 0.2) is 12.3 Å². The van der Waals surface area contributed by atoms with Crippen LogP contribution in [0.3, 0.4) is 0 Å². The van der Waals surface area contributed by atoms with Gasteiger partial charge in [0.2, 0.25) is 0 Å². The minimum absolute atomic E-state index is 0.251. The molecule has 0 bridgehead atoms. The van der Waals surface area contributed by atoms with Gasteiger partial charge in [-0.3, -0.25) is 4.79 Å². The van der Waals surface area contributed by atoms with Crippen LogP contribution in [0.1, 0.15) is 23.3 Å². The van der Waals surface area contributed by atoms with Crippen molar-refractivity contribution in [1.29, 1.82) is 0 Å². The smallest absolute Gasteiger partial charge is 0.267 e. The van der Waals surface area contributed by atoms with Crippen molar-refractivity contribution in [2.45, 2.75) is 18.9 Å². The van der Waals surface area contributed by atoms with Crippen LogP contribution in [0.2, 0.25) is 0 Å². The lowest BCUT2D eigenvalue weighted by atomic mass is 10.3. The molecule has 0 aliphatic heterocycles. The first-order valence-electron chi connectivity index (χ1n) is 4.29. The molecule has 1 saturated carbocycles. The lowest BCUT2D eigenvalue weighted by Gasteiger charge is -2.06. The van der Waals surface area contributed by atoms with E-state index < -0.39 is 5.91 Å². The van der Waals surface area contributed by atoms with E-state index in [9.17, 15) is 4.79 Å². The van der Waals surface area contributed by atoms with Gasteiger partial charge in [0.15, 0.2) is 0 Å². The van der Waals surface area contributed by atoms with E-state index >= 15 is 0 Å². The first-order valence-corrected chi connectivity index (χ1v) is 5.36. The van der Waals surface area contributed by atoms with Gasteiger partial charge in [-0.15, -0.1) is 0 Å². The Labute approximate surface area is 95.0 Å². The quantitative estimate of drug-likeness (QED) is 0.857. The van der Waals surface area contributed by atoms with Gasteiger partial charge < -0.3 is 10.5 Å². The summed E-state index contributed by atoms with van der Waals surface area (Å²) in [6.45, 7) is 0. The van der Waals surface area contributed by atoms with Crippen molar-refractivity contribution >= 4 is 28.5 Å². The van der Waals surface area contributed by atoms with Crippen LogP contribution < -0.4 is 10.5 Å².